The van der Waals surface area contributed by atoms with Crippen molar-refractivity contribution in [2.45, 2.75) is 59.5 Å². The van der Waals surface area contributed by atoms with Gasteiger partial charge in [0, 0.05) is 0 Å². The van der Waals surface area contributed by atoms with Crippen LogP contribution in [0.4, 0.5) is 0 Å². The maximum Gasteiger partial charge on any atom is 0.119 e. The molecule has 0 aliphatic carbocycles. The minimum absolute atomic E-state index is 0.0808. The first-order valence-corrected chi connectivity index (χ1v) is 9.51. The molecule has 0 spiro atoms. The number of hydrogen-bond acceptors (Lipinski definition) is 2. The largest absolute Gasteiger partial charge is 0.494 e. The van der Waals surface area contributed by atoms with Crippen LogP contribution >= 0.6 is 0 Å². The van der Waals surface area contributed by atoms with Gasteiger partial charge < -0.3 is 9.84 Å². The highest BCUT2D eigenvalue weighted by molar-refractivity contribution is 5.30. The molecule has 2 heteroatoms. The number of rotatable bonds is 10. The van der Waals surface area contributed by atoms with Crippen molar-refractivity contribution >= 4 is 0 Å². The van der Waals surface area contributed by atoms with Crippen LogP contribution in [-0.2, 0) is 13.0 Å². The van der Waals surface area contributed by atoms with E-state index < -0.39 is 0 Å². The fourth-order valence-corrected chi connectivity index (χ4v) is 3.27. The van der Waals surface area contributed by atoms with Gasteiger partial charge in [0.25, 0.3) is 0 Å². The van der Waals surface area contributed by atoms with Crippen LogP contribution in [0.2, 0.25) is 0 Å². The minimum atomic E-state index is 0.0808. The highest BCUT2D eigenvalue weighted by Gasteiger charge is 2.10. The van der Waals surface area contributed by atoms with Crippen molar-refractivity contribution in [2.24, 2.45) is 5.92 Å². The molecule has 0 radical (unpaired) electrons. The average Bonchev–Trinajstić information content (AvgIpc) is 2.62. The molecule has 0 heterocycles. The summed E-state index contributed by atoms with van der Waals surface area (Å²) in [6.45, 7) is 7.48. The van der Waals surface area contributed by atoms with Gasteiger partial charge in [0.15, 0.2) is 0 Å². The summed E-state index contributed by atoms with van der Waals surface area (Å²) in [5.41, 5.74) is 5.14. The molecule has 0 bridgehead atoms. The van der Waals surface area contributed by atoms with E-state index in [1.807, 2.05) is 24.3 Å². The molecule has 0 saturated carbocycles. The smallest absolute Gasteiger partial charge is 0.119 e. The highest BCUT2D eigenvalue weighted by atomic mass is 16.5. The van der Waals surface area contributed by atoms with Crippen LogP contribution in [0, 0.1) is 19.8 Å². The first-order valence-electron chi connectivity index (χ1n) is 9.51. The summed E-state index contributed by atoms with van der Waals surface area (Å²) in [5, 5.41) is 9.07. The van der Waals surface area contributed by atoms with E-state index in [0.717, 1.165) is 30.3 Å². The Balaban J connectivity index is 1.79. The second-order valence-corrected chi connectivity index (χ2v) is 7.07. The van der Waals surface area contributed by atoms with E-state index in [9.17, 15) is 0 Å². The summed E-state index contributed by atoms with van der Waals surface area (Å²) in [4.78, 5) is 0. The molecule has 0 unspecified atom stereocenters. The van der Waals surface area contributed by atoms with E-state index in [0.29, 0.717) is 0 Å². The molecule has 136 valence electrons. The standard InChI is InChI=1S/C23H32O2/c1-4-6-20(16-22-9-8-18(2)19(3)15-22)7-5-14-25-23-12-10-21(17-24)11-13-23/h8-13,15,20,24H,4-7,14,16-17H2,1-3H3/t20-/m1/s1. The lowest BCUT2D eigenvalue weighted by Gasteiger charge is -2.17. The summed E-state index contributed by atoms with van der Waals surface area (Å²) in [6.07, 6.45) is 5.96. The van der Waals surface area contributed by atoms with Gasteiger partial charge in [0.2, 0.25) is 0 Å². The summed E-state index contributed by atoms with van der Waals surface area (Å²) in [6, 6.07) is 14.6. The fraction of sp³-hybridized carbons (Fsp3) is 0.478. The molecule has 0 aromatic heterocycles. The molecule has 0 fully saturated rings. The Bertz CT molecular complexity index is 631. The van der Waals surface area contributed by atoms with Crippen LogP contribution < -0.4 is 4.74 Å². The lowest BCUT2D eigenvalue weighted by atomic mass is 9.90. The minimum Gasteiger partial charge on any atom is -0.494 e. The topological polar surface area (TPSA) is 29.5 Å². The second kappa shape index (κ2) is 10.2. The van der Waals surface area contributed by atoms with Crippen LogP contribution in [0.25, 0.3) is 0 Å². The normalized spacial score (nSPS) is 12.2. The van der Waals surface area contributed by atoms with Crippen LogP contribution in [0.1, 0.15) is 54.9 Å². The summed E-state index contributed by atoms with van der Waals surface area (Å²) in [5.74, 6) is 1.62. The predicted molar refractivity (Wildman–Crippen MR) is 105 cm³/mol. The Labute approximate surface area is 152 Å². The molecule has 1 atom stereocenters. The van der Waals surface area contributed by atoms with Crippen molar-refractivity contribution in [3.8, 4) is 5.75 Å². The fourth-order valence-electron chi connectivity index (χ4n) is 3.27. The Hall–Kier alpha value is -1.80. The summed E-state index contributed by atoms with van der Waals surface area (Å²) in [7, 11) is 0. The second-order valence-electron chi connectivity index (χ2n) is 7.07. The van der Waals surface area contributed by atoms with Crippen molar-refractivity contribution in [1.29, 1.82) is 0 Å². The zero-order chi connectivity index (χ0) is 18.1. The van der Waals surface area contributed by atoms with Gasteiger partial charge in [-0.3, -0.25) is 0 Å². The molecule has 0 aliphatic heterocycles. The van der Waals surface area contributed by atoms with Crippen LogP contribution in [0.3, 0.4) is 0 Å². The van der Waals surface area contributed by atoms with Gasteiger partial charge in [-0.05, 0) is 73.4 Å². The Kier molecular flexibility index (Phi) is 8.00. The van der Waals surface area contributed by atoms with Crippen LogP contribution in [0.5, 0.6) is 5.75 Å². The lowest BCUT2D eigenvalue weighted by molar-refractivity contribution is 0.279. The third-order valence-corrected chi connectivity index (χ3v) is 4.92. The number of aliphatic hydroxyl groups excluding tert-OH is 1. The predicted octanol–water partition coefficient (Wildman–Crippen LogP) is 5.61. The van der Waals surface area contributed by atoms with Crippen molar-refractivity contribution < 1.29 is 9.84 Å². The summed E-state index contributed by atoms with van der Waals surface area (Å²) >= 11 is 0. The Morgan fingerprint density at radius 1 is 0.920 bits per heavy atom. The molecule has 2 aromatic carbocycles. The van der Waals surface area contributed by atoms with E-state index in [-0.39, 0.29) is 6.61 Å². The van der Waals surface area contributed by atoms with Gasteiger partial charge in [-0.15, -0.1) is 0 Å². The van der Waals surface area contributed by atoms with Crippen LogP contribution in [0.15, 0.2) is 42.5 Å². The first kappa shape index (κ1) is 19.5. The van der Waals surface area contributed by atoms with E-state index in [4.69, 9.17) is 9.84 Å². The number of aliphatic hydroxyl groups is 1. The van der Waals surface area contributed by atoms with Crippen molar-refractivity contribution in [3.05, 3.63) is 64.7 Å². The van der Waals surface area contributed by atoms with E-state index in [2.05, 4.69) is 39.0 Å². The van der Waals surface area contributed by atoms with E-state index in [1.165, 1.54) is 42.4 Å². The molecular weight excluding hydrogens is 308 g/mol. The van der Waals surface area contributed by atoms with Crippen LogP contribution in [-0.4, -0.2) is 11.7 Å². The zero-order valence-electron chi connectivity index (χ0n) is 15.9. The molecule has 25 heavy (non-hydrogen) atoms. The van der Waals surface area contributed by atoms with E-state index in [1.54, 1.807) is 0 Å². The van der Waals surface area contributed by atoms with Crippen molar-refractivity contribution in [2.75, 3.05) is 6.61 Å². The molecule has 1 N–H and O–H groups in total. The average molecular weight is 341 g/mol. The summed E-state index contributed by atoms with van der Waals surface area (Å²) < 4.78 is 5.84. The van der Waals surface area contributed by atoms with Crippen molar-refractivity contribution in [3.63, 3.8) is 0 Å². The van der Waals surface area contributed by atoms with Crippen molar-refractivity contribution in [1.82, 2.24) is 0 Å². The highest BCUT2D eigenvalue weighted by Crippen LogP contribution is 2.21. The Morgan fingerprint density at radius 2 is 1.64 bits per heavy atom. The number of aryl methyl sites for hydroxylation is 2. The molecule has 0 amide bonds. The van der Waals surface area contributed by atoms with Gasteiger partial charge in [0.1, 0.15) is 5.75 Å². The zero-order valence-corrected chi connectivity index (χ0v) is 15.9. The number of hydrogen-bond donors (Lipinski definition) is 1. The Morgan fingerprint density at radius 3 is 2.28 bits per heavy atom. The molecule has 2 rings (SSSR count). The van der Waals surface area contributed by atoms with E-state index >= 15 is 0 Å². The SMILES string of the molecule is CCC[C@H](CCCOc1ccc(CO)cc1)Cc1ccc(C)c(C)c1. The van der Waals surface area contributed by atoms with Gasteiger partial charge in [-0.1, -0.05) is 50.1 Å². The number of ether oxygens (including phenoxy) is 1. The first-order chi connectivity index (χ1) is 12.1. The van der Waals surface area contributed by atoms with Gasteiger partial charge in [-0.25, -0.2) is 0 Å². The maximum atomic E-state index is 9.07. The maximum absolute atomic E-state index is 9.07. The third-order valence-electron chi connectivity index (χ3n) is 4.92. The number of benzene rings is 2. The van der Waals surface area contributed by atoms with Gasteiger partial charge >= 0.3 is 0 Å². The molecular formula is C23H32O2. The molecule has 2 nitrogen and oxygen atoms in total. The molecule has 2 aromatic rings. The molecule has 0 saturated heterocycles. The molecule has 0 aliphatic rings. The third kappa shape index (κ3) is 6.55. The monoisotopic (exact) mass is 340 g/mol. The lowest BCUT2D eigenvalue weighted by Crippen LogP contribution is -2.08. The quantitative estimate of drug-likeness (QED) is 0.569. The van der Waals surface area contributed by atoms with Gasteiger partial charge in [-0.2, -0.15) is 0 Å². The van der Waals surface area contributed by atoms with Gasteiger partial charge in [0.05, 0.1) is 13.2 Å².